The molecule has 22 heavy (non-hydrogen) atoms. The molecule has 0 aliphatic rings. The molecule has 0 aliphatic heterocycles. The van der Waals surface area contributed by atoms with Crippen molar-refractivity contribution in [1.82, 2.24) is 0 Å². The number of para-hydroxylation sites is 1. The summed E-state index contributed by atoms with van der Waals surface area (Å²) in [5.74, 6) is 0.205. The van der Waals surface area contributed by atoms with Gasteiger partial charge in [-0.2, -0.15) is 0 Å². The molecule has 0 bridgehead atoms. The quantitative estimate of drug-likeness (QED) is 0.845. The van der Waals surface area contributed by atoms with Gasteiger partial charge in [0.25, 0.3) is 10.0 Å². The van der Waals surface area contributed by atoms with E-state index in [-0.39, 0.29) is 21.2 Å². The Morgan fingerprint density at radius 1 is 0.955 bits per heavy atom. The van der Waals surface area contributed by atoms with Crippen LogP contribution in [0.5, 0.6) is 5.75 Å². The zero-order chi connectivity index (χ0) is 16.4. The normalized spacial score (nSPS) is 11.9. The summed E-state index contributed by atoms with van der Waals surface area (Å²) in [6.07, 6.45) is 0. The zero-order valence-corrected chi connectivity index (χ0v) is 13.2. The molecule has 118 valence electrons. The molecule has 0 unspecified atom stereocenters. The molecule has 7 nitrogen and oxygen atoms in total. The minimum Gasteiger partial charge on any atom is -0.495 e. The molecule has 0 saturated carbocycles. The Bertz CT molecular complexity index is 875. The minimum absolute atomic E-state index is 0.0203. The molecule has 2 aromatic carbocycles. The van der Waals surface area contributed by atoms with Gasteiger partial charge in [-0.15, -0.1) is 0 Å². The molecule has 0 fully saturated rings. The number of nitrogens with two attached hydrogens (primary N) is 1. The Kier molecular flexibility index (Phi) is 4.40. The first-order valence-electron chi connectivity index (χ1n) is 6.03. The van der Waals surface area contributed by atoms with Crippen molar-refractivity contribution in [3.05, 3.63) is 48.5 Å². The maximum atomic E-state index is 12.3. The SMILES string of the molecule is COc1ccccc1S(=O)(=O)Nc1ccc(S(N)(=O)=O)cc1. The lowest BCUT2D eigenvalue weighted by atomic mass is 10.3. The summed E-state index contributed by atoms with van der Waals surface area (Å²) in [7, 11) is -6.31. The largest absolute Gasteiger partial charge is 0.495 e. The van der Waals surface area contributed by atoms with Crippen LogP contribution in [0.2, 0.25) is 0 Å². The number of methoxy groups -OCH3 is 1. The number of primary sulfonamides is 1. The van der Waals surface area contributed by atoms with Crippen molar-refractivity contribution in [3.8, 4) is 5.75 Å². The van der Waals surface area contributed by atoms with Gasteiger partial charge < -0.3 is 4.74 Å². The van der Waals surface area contributed by atoms with E-state index >= 15 is 0 Å². The van der Waals surface area contributed by atoms with Gasteiger partial charge in [0.2, 0.25) is 10.0 Å². The van der Waals surface area contributed by atoms with Crippen molar-refractivity contribution in [2.45, 2.75) is 9.79 Å². The molecule has 0 spiro atoms. The number of rotatable bonds is 5. The Balaban J connectivity index is 2.33. The summed E-state index contributed by atoms with van der Waals surface area (Å²) < 4.78 is 54.3. The predicted molar refractivity (Wildman–Crippen MR) is 81.6 cm³/mol. The highest BCUT2D eigenvalue weighted by molar-refractivity contribution is 7.92. The van der Waals surface area contributed by atoms with Crippen molar-refractivity contribution in [2.24, 2.45) is 5.14 Å². The Labute approximate surface area is 128 Å². The highest BCUT2D eigenvalue weighted by Crippen LogP contribution is 2.25. The molecule has 0 radical (unpaired) electrons. The number of hydrogen-bond acceptors (Lipinski definition) is 5. The molecule has 2 rings (SSSR count). The summed E-state index contributed by atoms with van der Waals surface area (Å²) in [4.78, 5) is -0.124. The first-order valence-corrected chi connectivity index (χ1v) is 9.06. The Hall–Kier alpha value is -2.10. The van der Waals surface area contributed by atoms with Gasteiger partial charge in [0.15, 0.2) is 0 Å². The average Bonchev–Trinajstić information content (AvgIpc) is 2.46. The van der Waals surface area contributed by atoms with E-state index in [1.807, 2.05) is 0 Å². The maximum absolute atomic E-state index is 12.3. The second-order valence-electron chi connectivity index (χ2n) is 4.33. The van der Waals surface area contributed by atoms with Crippen LogP contribution >= 0.6 is 0 Å². The lowest BCUT2D eigenvalue weighted by molar-refractivity contribution is 0.403. The van der Waals surface area contributed by atoms with Gasteiger partial charge in [-0.05, 0) is 36.4 Å². The Morgan fingerprint density at radius 2 is 1.55 bits per heavy atom. The lowest BCUT2D eigenvalue weighted by Crippen LogP contribution is -2.15. The molecule has 0 saturated heterocycles. The van der Waals surface area contributed by atoms with Crippen LogP contribution in [-0.2, 0) is 20.0 Å². The van der Waals surface area contributed by atoms with E-state index in [9.17, 15) is 16.8 Å². The number of sulfonamides is 2. The molecule has 0 atom stereocenters. The van der Waals surface area contributed by atoms with Crippen molar-refractivity contribution in [1.29, 1.82) is 0 Å². The maximum Gasteiger partial charge on any atom is 0.265 e. The van der Waals surface area contributed by atoms with E-state index in [0.717, 1.165) is 0 Å². The van der Waals surface area contributed by atoms with E-state index in [4.69, 9.17) is 9.88 Å². The number of benzene rings is 2. The van der Waals surface area contributed by atoms with Crippen LogP contribution in [0, 0.1) is 0 Å². The summed E-state index contributed by atoms with van der Waals surface area (Å²) >= 11 is 0. The van der Waals surface area contributed by atoms with Crippen molar-refractivity contribution in [2.75, 3.05) is 11.8 Å². The minimum atomic E-state index is -3.86. The van der Waals surface area contributed by atoms with E-state index in [1.165, 1.54) is 43.5 Å². The number of nitrogens with one attached hydrogen (secondary N) is 1. The summed E-state index contributed by atoms with van der Waals surface area (Å²) in [5, 5.41) is 4.98. The molecule has 0 amide bonds. The topological polar surface area (TPSA) is 116 Å². The lowest BCUT2D eigenvalue weighted by Gasteiger charge is -2.11. The molecule has 9 heteroatoms. The molecule has 0 aromatic heterocycles. The summed E-state index contributed by atoms with van der Waals surface area (Å²) in [6, 6.07) is 11.2. The molecule has 2 aromatic rings. The van der Waals surface area contributed by atoms with Crippen LogP contribution in [0.1, 0.15) is 0 Å². The first-order chi connectivity index (χ1) is 10.2. The smallest absolute Gasteiger partial charge is 0.265 e. The third kappa shape index (κ3) is 3.56. The van der Waals surface area contributed by atoms with Gasteiger partial charge in [-0.1, -0.05) is 12.1 Å². The standard InChI is InChI=1S/C13H14N2O5S2/c1-20-12-4-2-3-5-13(12)22(18,19)15-10-6-8-11(9-7-10)21(14,16)17/h2-9,15H,1H3,(H2,14,16,17). The van der Waals surface area contributed by atoms with Gasteiger partial charge in [0.05, 0.1) is 12.0 Å². The van der Waals surface area contributed by atoms with Crippen molar-refractivity contribution in [3.63, 3.8) is 0 Å². The van der Waals surface area contributed by atoms with Crippen molar-refractivity contribution >= 4 is 25.7 Å². The van der Waals surface area contributed by atoms with Crippen molar-refractivity contribution < 1.29 is 21.6 Å². The molecule has 3 N–H and O–H groups in total. The van der Waals surface area contributed by atoms with Gasteiger partial charge in [-0.3, -0.25) is 4.72 Å². The second kappa shape index (κ2) is 5.95. The van der Waals surface area contributed by atoms with Crippen LogP contribution in [-0.4, -0.2) is 23.9 Å². The van der Waals surface area contributed by atoms with Gasteiger partial charge in [0, 0.05) is 5.69 Å². The molecule has 0 aliphatic carbocycles. The fourth-order valence-corrected chi connectivity index (χ4v) is 3.51. The van der Waals surface area contributed by atoms with E-state index in [1.54, 1.807) is 12.1 Å². The Morgan fingerprint density at radius 3 is 2.09 bits per heavy atom. The zero-order valence-electron chi connectivity index (χ0n) is 11.6. The molecular weight excluding hydrogens is 328 g/mol. The van der Waals surface area contributed by atoms with E-state index in [0.29, 0.717) is 0 Å². The fraction of sp³-hybridized carbons (Fsp3) is 0.0769. The number of ether oxygens (including phenoxy) is 1. The van der Waals surface area contributed by atoms with E-state index < -0.39 is 20.0 Å². The van der Waals surface area contributed by atoms with Gasteiger partial charge >= 0.3 is 0 Å². The van der Waals surface area contributed by atoms with E-state index in [2.05, 4.69) is 4.72 Å². The van der Waals surface area contributed by atoms with Crippen LogP contribution in [0.25, 0.3) is 0 Å². The number of hydrogen-bond donors (Lipinski definition) is 2. The highest BCUT2D eigenvalue weighted by atomic mass is 32.2. The second-order valence-corrected chi connectivity index (χ2v) is 7.54. The van der Waals surface area contributed by atoms with Crippen LogP contribution in [0.3, 0.4) is 0 Å². The van der Waals surface area contributed by atoms with Crippen LogP contribution < -0.4 is 14.6 Å². The summed E-state index contributed by atoms with van der Waals surface area (Å²) in [5.41, 5.74) is 0.207. The van der Waals surface area contributed by atoms with Gasteiger partial charge in [-0.25, -0.2) is 22.0 Å². The van der Waals surface area contributed by atoms with Gasteiger partial charge in [0.1, 0.15) is 10.6 Å². The first kappa shape index (κ1) is 16.3. The summed E-state index contributed by atoms with van der Waals surface area (Å²) in [6.45, 7) is 0. The third-order valence-corrected chi connectivity index (χ3v) is 5.14. The molecule has 0 heterocycles. The predicted octanol–water partition coefficient (Wildman–Crippen LogP) is 1.14. The van der Waals surface area contributed by atoms with Crippen LogP contribution in [0.15, 0.2) is 58.3 Å². The van der Waals surface area contributed by atoms with Crippen LogP contribution in [0.4, 0.5) is 5.69 Å². The average molecular weight is 342 g/mol. The monoisotopic (exact) mass is 342 g/mol. The fourth-order valence-electron chi connectivity index (χ4n) is 1.76. The highest BCUT2D eigenvalue weighted by Gasteiger charge is 2.19. The molecular formula is C13H14N2O5S2. The number of anilines is 1. The third-order valence-electron chi connectivity index (χ3n) is 2.79.